The number of benzene rings is 2. The van der Waals surface area contributed by atoms with Crippen LogP contribution in [0.2, 0.25) is 0 Å². The maximum Gasteiger partial charge on any atom is 0.419 e. The normalized spacial score (nSPS) is 15.5. The van der Waals surface area contributed by atoms with E-state index in [9.17, 15) is 40.7 Å². The Bertz CT molecular complexity index is 2390. The minimum atomic E-state index is -4.69. The Labute approximate surface area is 374 Å². The Morgan fingerprint density at radius 1 is 0.692 bits per heavy atom. The zero-order chi connectivity index (χ0) is 48.3. The topological polar surface area (TPSA) is 167 Å². The summed E-state index contributed by atoms with van der Waals surface area (Å²) >= 11 is 0. The van der Waals surface area contributed by atoms with Crippen LogP contribution in [0.25, 0.3) is 22.3 Å². The van der Waals surface area contributed by atoms with Crippen molar-refractivity contribution in [1.29, 1.82) is 0 Å². The number of fused-ring (bicyclic) bond motifs is 2. The highest BCUT2D eigenvalue weighted by molar-refractivity contribution is 6.01. The second kappa shape index (κ2) is 19.3. The van der Waals surface area contributed by atoms with Gasteiger partial charge < -0.3 is 35.9 Å². The third kappa shape index (κ3) is 13.6. The number of nitrogens with two attached hydrogens (primary N) is 1. The smallest absolute Gasteiger partial charge is 0.419 e. The van der Waals surface area contributed by atoms with E-state index in [2.05, 4.69) is 25.9 Å². The first-order chi connectivity index (χ1) is 30.0. The lowest BCUT2D eigenvalue weighted by Crippen LogP contribution is -2.52. The number of rotatable bonds is 13. The van der Waals surface area contributed by atoms with Crippen molar-refractivity contribution in [2.75, 3.05) is 23.8 Å². The molecule has 5 N–H and O–H groups in total. The van der Waals surface area contributed by atoms with Gasteiger partial charge in [0.2, 0.25) is 11.8 Å². The van der Waals surface area contributed by atoms with E-state index in [1.807, 2.05) is 27.7 Å². The van der Waals surface area contributed by atoms with Crippen molar-refractivity contribution >= 4 is 29.5 Å². The molecule has 0 spiro atoms. The summed E-state index contributed by atoms with van der Waals surface area (Å²) in [6, 6.07) is 10.9. The van der Waals surface area contributed by atoms with Crippen molar-refractivity contribution in [1.82, 2.24) is 15.3 Å². The number of ether oxygens (including phenoxy) is 3. The number of nitrogens with one attached hydrogen (secondary N) is 3. The molecule has 0 bridgehead atoms. The molecule has 2 aromatic heterocycles. The Kier molecular flexibility index (Phi) is 14.9. The standard InChI is InChI=1S/C26H32F3N3O4.C21H24F3N3O2/c1-15(2)13-25(6,32-23(34)36-24(3,4)5)14-35-20-8-7-16(11-19(20)26(27,28)29)17-9-10-30-22-18(17)12-21(33)31-22;1-12(2)10-20(3,25)11-29-17-5-4-13(8-16(17)21(22,23)24)14-6-7-26-19-15(14)9-18(28)27-19/h7-11,15H,12-14H2,1-6H3,(H,32,34)(H,30,31,33);4-8,12H,9-11,25H2,1-3H3,(H,26,27,28)/t25-;20-/m00/s1. The molecular weight excluding hydrogens is 859 g/mol. The Balaban J connectivity index is 0.000000250. The number of carbonyl (C=O) groups is 3. The van der Waals surface area contributed by atoms with Crippen molar-refractivity contribution < 1.29 is 54.9 Å². The molecular formula is C47H56F6N6O6. The second-order valence-corrected chi connectivity index (χ2v) is 18.9. The minimum absolute atomic E-state index is 0.0311. The molecule has 0 aliphatic carbocycles. The molecule has 352 valence electrons. The number of halogens is 6. The lowest BCUT2D eigenvalue weighted by Gasteiger charge is -2.33. The molecule has 0 saturated heterocycles. The quantitative estimate of drug-likeness (QED) is 0.0955. The van der Waals surface area contributed by atoms with Gasteiger partial charge in [-0.05, 0) is 118 Å². The zero-order valence-corrected chi connectivity index (χ0v) is 37.9. The highest BCUT2D eigenvalue weighted by atomic mass is 19.4. The highest BCUT2D eigenvalue weighted by Crippen LogP contribution is 2.43. The number of aromatic nitrogens is 2. The number of nitrogens with zero attached hydrogens (tertiary/aromatic N) is 2. The summed E-state index contributed by atoms with van der Waals surface area (Å²) in [4.78, 5) is 44.0. The van der Waals surface area contributed by atoms with E-state index in [0.29, 0.717) is 63.8 Å². The molecule has 2 aliphatic rings. The molecule has 3 amide bonds. The van der Waals surface area contributed by atoms with Crippen LogP contribution in [-0.4, -0.2) is 57.8 Å². The van der Waals surface area contributed by atoms with Crippen LogP contribution >= 0.6 is 0 Å². The fraction of sp³-hybridized carbons (Fsp3) is 0.468. The van der Waals surface area contributed by atoms with Gasteiger partial charge in [-0.3, -0.25) is 9.59 Å². The minimum Gasteiger partial charge on any atom is -0.491 e. The first-order valence-electron chi connectivity index (χ1n) is 21.1. The molecule has 18 heteroatoms. The molecule has 4 aromatic rings. The molecule has 0 fully saturated rings. The Morgan fingerprint density at radius 3 is 1.52 bits per heavy atom. The molecule has 4 heterocycles. The summed E-state index contributed by atoms with van der Waals surface area (Å²) in [6.07, 6.45) is -5.86. The first kappa shape index (κ1) is 50.1. The Hall–Kier alpha value is -5.91. The molecule has 6 rings (SSSR count). The summed E-state index contributed by atoms with van der Waals surface area (Å²) in [7, 11) is 0. The van der Waals surface area contributed by atoms with Gasteiger partial charge in [-0.25, -0.2) is 14.8 Å². The van der Waals surface area contributed by atoms with Crippen LogP contribution in [0.3, 0.4) is 0 Å². The van der Waals surface area contributed by atoms with Crippen molar-refractivity contribution in [3.8, 4) is 33.8 Å². The van der Waals surface area contributed by atoms with Gasteiger partial charge in [0.1, 0.15) is 41.9 Å². The van der Waals surface area contributed by atoms with Gasteiger partial charge in [0.15, 0.2) is 0 Å². The van der Waals surface area contributed by atoms with E-state index < -0.39 is 46.3 Å². The summed E-state index contributed by atoms with van der Waals surface area (Å²) in [5.41, 5.74) is 4.70. The molecule has 0 unspecified atom stereocenters. The lowest BCUT2D eigenvalue weighted by molar-refractivity contribution is -0.139. The largest absolute Gasteiger partial charge is 0.491 e. The fourth-order valence-electron chi connectivity index (χ4n) is 7.93. The summed E-state index contributed by atoms with van der Waals surface area (Å²) < 4.78 is 99.9. The van der Waals surface area contributed by atoms with Gasteiger partial charge in [-0.15, -0.1) is 0 Å². The average molecular weight is 915 g/mol. The average Bonchev–Trinajstić information content (AvgIpc) is 3.75. The summed E-state index contributed by atoms with van der Waals surface area (Å²) in [6.45, 7) is 16.3. The van der Waals surface area contributed by atoms with Crippen LogP contribution in [0.15, 0.2) is 60.9 Å². The van der Waals surface area contributed by atoms with Crippen molar-refractivity contribution in [3.63, 3.8) is 0 Å². The van der Waals surface area contributed by atoms with E-state index >= 15 is 0 Å². The maximum absolute atomic E-state index is 14.1. The van der Waals surface area contributed by atoms with Crippen LogP contribution in [0.4, 0.5) is 42.8 Å². The van der Waals surface area contributed by atoms with Crippen LogP contribution in [0.1, 0.15) is 97.4 Å². The van der Waals surface area contributed by atoms with E-state index in [0.717, 1.165) is 12.1 Å². The van der Waals surface area contributed by atoms with E-state index in [-0.39, 0.29) is 55.3 Å². The monoisotopic (exact) mass is 914 g/mol. The number of hydrogen-bond donors (Lipinski definition) is 4. The van der Waals surface area contributed by atoms with Crippen LogP contribution in [0, 0.1) is 11.8 Å². The predicted molar refractivity (Wildman–Crippen MR) is 234 cm³/mol. The molecule has 65 heavy (non-hydrogen) atoms. The van der Waals surface area contributed by atoms with Crippen LogP contribution in [-0.2, 0) is 39.5 Å². The van der Waals surface area contributed by atoms with Crippen molar-refractivity contribution in [2.24, 2.45) is 17.6 Å². The number of alkyl halides is 6. The van der Waals surface area contributed by atoms with Crippen LogP contribution in [0.5, 0.6) is 11.5 Å². The zero-order valence-electron chi connectivity index (χ0n) is 37.9. The molecule has 0 saturated carbocycles. The first-order valence-corrected chi connectivity index (χ1v) is 21.1. The lowest BCUT2D eigenvalue weighted by atomic mass is 9.91. The third-order valence-electron chi connectivity index (χ3n) is 10.1. The van der Waals surface area contributed by atoms with Gasteiger partial charge >= 0.3 is 18.4 Å². The van der Waals surface area contributed by atoms with E-state index in [4.69, 9.17) is 19.9 Å². The number of alkyl carbamates (subject to hydrolysis) is 1. The second-order valence-electron chi connectivity index (χ2n) is 18.9. The van der Waals surface area contributed by atoms with Gasteiger partial charge in [-0.1, -0.05) is 39.8 Å². The molecule has 2 atom stereocenters. The summed E-state index contributed by atoms with van der Waals surface area (Å²) in [5, 5.41) is 7.98. The van der Waals surface area contributed by atoms with Gasteiger partial charge in [0, 0.05) is 29.1 Å². The maximum atomic E-state index is 14.1. The number of amides is 3. The van der Waals surface area contributed by atoms with Gasteiger partial charge in [0.25, 0.3) is 0 Å². The number of hydrogen-bond acceptors (Lipinski definition) is 9. The molecule has 0 radical (unpaired) electrons. The SMILES string of the molecule is CC(C)C[C@@](C)(COc1ccc(-c2ccnc3c2CC(=O)N3)cc1C(F)(F)F)NC(=O)OC(C)(C)C.CC(C)C[C@](C)(N)COc1ccc(-c2ccnc3c2CC(=O)N3)cc1C(F)(F)F. The van der Waals surface area contributed by atoms with Crippen molar-refractivity contribution in [2.45, 2.75) is 117 Å². The van der Waals surface area contributed by atoms with Gasteiger partial charge in [0.05, 0.1) is 29.5 Å². The van der Waals surface area contributed by atoms with E-state index in [1.54, 1.807) is 52.8 Å². The predicted octanol–water partition coefficient (Wildman–Crippen LogP) is 10.4. The fourth-order valence-corrected chi connectivity index (χ4v) is 7.93. The third-order valence-corrected chi connectivity index (χ3v) is 10.1. The number of anilines is 2. The van der Waals surface area contributed by atoms with Gasteiger partial charge in [-0.2, -0.15) is 26.3 Å². The van der Waals surface area contributed by atoms with Crippen LogP contribution < -0.4 is 31.2 Å². The molecule has 12 nitrogen and oxygen atoms in total. The van der Waals surface area contributed by atoms with Crippen molar-refractivity contribution in [3.05, 3.63) is 83.2 Å². The summed E-state index contributed by atoms with van der Waals surface area (Å²) in [5.74, 6) is 0.0456. The molecule has 2 aliphatic heterocycles. The molecule has 2 aromatic carbocycles. The number of pyridine rings is 2. The highest BCUT2D eigenvalue weighted by Gasteiger charge is 2.38. The Morgan fingerprint density at radius 2 is 1.12 bits per heavy atom. The number of carbonyl (C=O) groups excluding carboxylic acids is 3. The van der Waals surface area contributed by atoms with E-state index in [1.165, 1.54) is 30.6 Å².